The van der Waals surface area contributed by atoms with Crippen LogP contribution < -0.4 is 5.32 Å². The number of carbonyl (C=O) groups excluding carboxylic acids is 1. The zero-order valence-corrected chi connectivity index (χ0v) is 12.4. The van der Waals surface area contributed by atoms with Crippen molar-refractivity contribution in [1.29, 1.82) is 0 Å². The van der Waals surface area contributed by atoms with Gasteiger partial charge in [0.1, 0.15) is 6.17 Å². The van der Waals surface area contributed by atoms with Crippen LogP contribution in [0, 0.1) is 6.92 Å². The van der Waals surface area contributed by atoms with Gasteiger partial charge < -0.3 is 9.80 Å². The van der Waals surface area contributed by atoms with E-state index in [2.05, 4.69) is 41.2 Å². The molecule has 5 heteroatoms. The minimum atomic E-state index is 0.0969. The minimum Gasteiger partial charge on any atom is -0.318 e. The van der Waals surface area contributed by atoms with E-state index in [-0.39, 0.29) is 12.1 Å². The summed E-state index contributed by atoms with van der Waals surface area (Å²) in [7, 11) is 2.15. The highest BCUT2D eigenvalue weighted by atomic mass is 32.1. The molecule has 0 aliphatic carbocycles. The van der Waals surface area contributed by atoms with E-state index in [4.69, 9.17) is 0 Å². The molecule has 1 unspecified atom stereocenters. The Morgan fingerprint density at radius 3 is 2.68 bits per heavy atom. The summed E-state index contributed by atoms with van der Waals surface area (Å²) in [5.41, 5.74) is 0. The summed E-state index contributed by atoms with van der Waals surface area (Å²) < 4.78 is 0. The van der Waals surface area contributed by atoms with Crippen molar-refractivity contribution in [3.8, 4) is 0 Å². The van der Waals surface area contributed by atoms with Crippen molar-refractivity contribution in [2.45, 2.75) is 32.0 Å². The van der Waals surface area contributed by atoms with Crippen molar-refractivity contribution < 1.29 is 4.79 Å². The quantitative estimate of drug-likeness (QED) is 0.893. The Hall–Kier alpha value is -0.910. The van der Waals surface area contributed by atoms with Gasteiger partial charge in [0.15, 0.2) is 0 Å². The molecule has 3 rings (SSSR count). The third-order valence-electron chi connectivity index (χ3n) is 4.12. The van der Waals surface area contributed by atoms with Crippen LogP contribution in [-0.4, -0.2) is 48.4 Å². The fraction of sp³-hybridized carbons (Fsp3) is 0.643. The van der Waals surface area contributed by atoms with E-state index >= 15 is 0 Å². The van der Waals surface area contributed by atoms with E-state index in [0.29, 0.717) is 12.6 Å². The average Bonchev–Trinajstić information content (AvgIpc) is 2.97. The van der Waals surface area contributed by atoms with Crippen molar-refractivity contribution in [1.82, 2.24) is 15.1 Å². The highest BCUT2D eigenvalue weighted by molar-refractivity contribution is 7.12. The van der Waals surface area contributed by atoms with Crippen LogP contribution in [0.25, 0.3) is 0 Å². The van der Waals surface area contributed by atoms with Crippen LogP contribution in [0.2, 0.25) is 0 Å². The van der Waals surface area contributed by atoms with Gasteiger partial charge in [-0.2, -0.15) is 0 Å². The number of hydrogen-bond acceptors (Lipinski definition) is 4. The molecule has 0 saturated carbocycles. The number of piperidine rings is 1. The zero-order valence-electron chi connectivity index (χ0n) is 11.6. The van der Waals surface area contributed by atoms with Crippen LogP contribution in [0.5, 0.6) is 0 Å². The molecule has 4 nitrogen and oxygen atoms in total. The van der Waals surface area contributed by atoms with Crippen LogP contribution in [0.3, 0.4) is 0 Å². The first-order valence-electron chi connectivity index (χ1n) is 6.94. The second-order valence-electron chi connectivity index (χ2n) is 5.57. The lowest BCUT2D eigenvalue weighted by Gasteiger charge is -2.37. The van der Waals surface area contributed by atoms with Crippen LogP contribution in [-0.2, 0) is 4.79 Å². The van der Waals surface area contributed by atoms with Crippen molar-refractivity contribution >= 4 is 17.2 Å². The molecule has 1 aromatic rings. The summed E-state index contributed by atoms with van der Waals surface area (Å²) in [4.78, 5) is 19.2. The number of thiophene rings is 1. The van der Waals surface area contributed by atoms with Gasteiger partial charge in [-0.3, -0.25) is 10.1 Å². The third kappa shape index (κ3) is 2.55. The van der Waals surface area contributed by atoms with E-state index in [1.54, 1.807) is 11.3 Å². The smallest absolute Gasteiger partial charge is 0.238 e. The van der Waals surface area contributed by atoms with Gasteiger partial charge in [0.05, 0.1) is 6.54 Å². The van der Waals surface area contributed by atoms with E-state index < -0.39 is 0 Å². The first-order valence-corrected chi connectivity index (χ1v) is 7.76. The van der Waals surface area contributed by atoms with Gasteiger partial charge in [-0.05, 0) is 52.0 Å². The largest absolute Gasteiger partial charge is 0.318 e. The normalized spacial score (nSPS) is 26.3. The number of nitrogens with one attached hydrogen (secondary N) is 1. The van der Waals surface area contributed by atoms with Crippen molar-refractivity contribution in [2.24, 2.45) is 0 Å². The predicted octanol–water partition coefficient (Wildman–Crippen LogP) is 1.58. The fourth-order valence-electron chi connectivity index (χ4n) is 3.04. The van der Waals surface area contributed by atoms with Gasteiger partial charge >= 0.3 is 0 Å². The first kappa shape index (κ1) is 13.1. The number of amides is 1. The van der Waals surface area contributed by atoms with Gasteiger partial charge in [-0.15, -0.1) is 11.3 Å². The minimum absolute atomic E-state index is 0.0969. The Bertz CT molecular complexity index is 465. The maximum atomic E-state index is 12.2. The molecule has 0 aromatic carbocycles. The molecule has 0 spiro atoms. The third-order valence-corrected chi connectivity index (χ3v) is 5.18. The van der Waals surface area contributed by atoms with E-state index in [9.17, 15) is 4.79 Å². The lowest BCUT2D eigenvalue weighted by atomic mass is 10.0. The molecule has 1 atom stereocenters. The highest BCUT2D eigenvalue weighted by Gasteiger charge is 2.38. The van der Waals surface area contributed by atoms with E-state index in [1.807, 2.05) is 0 Å². The van der Waals surface area contributed by atoms with Crippen molar-refractivity contribution in [3.05, 3.63) is 21.9 Å². The topological polar surface area (TPSA) is 35.6 Å². The lowest BCUT2D eigenvalue weighted by Crippen LogP contribution is -2.45. The second-order valence-corrected chi connectivity index (χ2v) is 6.89. The van der Waals surface area contributed by atoms with Gasteiger partial charge in [0, 0.05) is 15.8 Å². The van der Waals surface area contributed by atoms with Gasteiger partial charge in [0.2, 0.25) is 5.91 Å². The molecule has 1 aromatic heterocycles. The Kier molecular flexibility index (Phi) is 3.60. The standard InChI is InChI=1S/C14H21N3OS/c1-10-3-4-12(19-10)14-15-9-13(18)17(14)11-5-7-16(2)8-6-11/h3-4,11,14-15H,5-9H2,1-2H3. The van der Waals surface area contributed by atoms with Crippen LogP contribution in [0.1, 0.15) is 28.8 Å². The molecule has 1 N–H and O–H groups in total. The molecule has 0 bridgehead atoms. The Labute approximate surface area is 118 Å². The van der Waals surface area contributed by atoms with Crippen molar-refractivity contribution in [3.63, 3.8) is 0 Å². The highest BCUT2D eigenvalue weighted by Crippen LogP contribution is 2.32. The summed E-state index contributed by atoms with van der Waals surface area (Å²) in [6, 6.07) is 4.68. The van der Waals surface area contributed by atoms with Crippen LogP contribution >= 0.6 is 11.3 Å². The zero-order chi connectivity index (χ0) is 13.4. The van der Waals surface area contributed by atoms with Gasteiger partial charge in [-0.1, -0.05) is 0 Å². The summed E-state index contributed by atoms with van der Waals surface area (Å²) in [6.07, 6.45) is 2.27. The number of aryl methyl sites for hydroxylation is 1. The molecular formula is C14H21N3OS. The Balaban J connectivity index is 1.79. The van der Waals surface area contributed by atoms with Gasteiger partial charge in [0.25, 0.3) is 0 Å². The molecule has 1 amide bonds. The van der Waals surface area contributed by atoms with E-state index in [0.717, 1.165) is 25.9 Å². The monoisotopic (exact) mass is 279 g/mol. The first-order chi connectivity index (χ1) is 9.15. The van der Waals surface area contributed by atoms with Crippen LogP contribution in [0.4, 0.5) is 0 Å². The second kappa shape index (κ2) is 5.23. The van der Waals surface area contributed by atoms with Crippen molar-refractivity contribution in [2.75, 3.05) is 26.7 Å². The maximum Gasteiger partial charge on any atom is 0.238 e. The summed E-state index contributed by atoms with van der Waals surface area (Å²) >= 11 is 1.79. The molecule has 2 fully saturated rings. The molecule has 19 heavy (non-hydrogen) atoms. The Morgan fingerprint density at radius 2 is 2.05 bits per heavy atom. The fourth-order valence-corrected chi connectivity index (χ4v) is 4.00. The predicted molar refractivity (Wildman–Crippen MR) is 77.2 cm³/mol. The maximum absolute atomic E-state index is 12.2. The average molecular weight is 279 g/mol. The van der Waals surface area contributed by atoms with E-state index in [1.165, 1.54) is 9.75 Å². The van der Waals surface area contributed by atoms with Crippen LogP contribution in [0.15, 0.2) is 12.1 Å². The molecule has 2 saturated heterocycles. The molecule has 2 aliphatic rings. The molecular weight excluding hydrogens is 258 g/mol. The molecule has 2 aliphatic heterocycles. The lowest BCUT2D eigenvalue weighted by molar-refractivity contribution is -0.131. The number of nitrogens with zero attached hydrogens (tertiary/aromatic N) is 2. The number of rotatable bonds is 2. The molecule has 104 valence electrons. The Morgan fingerprint density at radius 1 is 1.32 bits per heavy atom. The molecule has 3 heterocycles. The molecule has 0 radical (unpaired) electrons. The van der Waals surface area contributed by atoms with Gasteiger partial charge in [-0.25, -0.2) is 0 Å². The SMILES string of the molecule is Cc1ccc(C2NCC(=O)N2C2CCN(C)CC2)s1. The summed E-state index contributed by atoms with van der Waals surface area (Å²) in [6.45, 7) is 4.77. The number of carbonyl (C=O) groups is 1. The number of hydrogen-bond donors (Lipinski definition) is 1. The summed E-state index contributed by atoms with van der Waals surface area (Å²) in [5, 5.41) is 3.37. The number of likely N-dealkylation sites (tertiary alicyclic amines) is 1. The summed E-state index contributed by atoms with van der Waals surface area (Å²) in [5.74, 6) is 0.255.